The lowest BCUT2D eigenvalue weighted by Crippen LogP contribution is -2.20. The molecule has 1 amide bonds. The maximum Gasteiger partial charge on any atom is 0.428 e. The lowest BCUT2D eigenvalue weighted by molar-refractivity contribution is 0.140. The number of carbonyl (C=O) groups is 1. The van der Waals surface area contributed by atoms with Crippen molar-refractivity contribution < 1.29 is 9.53 Å². The lowest BCUT2D eigenvalue weighted by Gasteiger charge is -2.09. The fourth-order valence-corrected chi connectivity index (χ4v) is 1.03. The first-order valence-electron chi connectivity index (χ1n) is 5.48. The highest BCUT2D eigenvalue weighted by Crippen LogP contribution is 2.07. The van der Waals surface area contributed by atoms with E-state index in [-0.39, 0.29) is 12.0 Å². The molecule has 0 radical (unpaired) electrons. The van der Waals surface area contributed by atoms with Crippen LogP contribution in [0.2, 0.25) is 0 Å². The Bertz CT molecular complexity index is 380. The van der Waals surface area contributed by atoms with Gasteiger partial charge < -0.3 is 4.74 Å². The Morgan fingerprint density at radius 3 is 2.59 bits per heavy atom. The van der Waals surface area contributed by atoms with Gasteiger partial charge in [-0.2, -0.15) is 5.10 Å². The summed E-state index contributed by atoms with van der Waals surface area (Å²) >= 11 is 0. The number of hydrogen-bond acceptors (Lipinski definition) is 3. The standard InChI is InChI=1S/C13H18N2O2/c1-13(2,3)10-14-15-12(16)17-9-11-7-5-4-6-8-11/h4-8,10H,9H2,1-3H3,(H,15,16). The summed E-state index contributed by atoms with van der Waals surface area (Å²) in [6, 6.07) is 9.50. The first kappa shape index (κ1) is 13.2. The van der Waals surface area contributed by atoms with Gasteiger partial charge in [0.05, 0.1) is 0 Å². The third kappa shape index (κ3) is 6.35. The van der Waals surface area contributed by atoms with Crippen molar-refractivity contribution in [2.45, 2.75) is 27.4 Å². The fraction of sp³-hybridized carbons (Fsp3) is 0.385. The molecule has 0 aromatic heterocycles. The second-order valence-electron chi connectivity index (χ2n) is 4.80. The first-order valence-corrected chi connectivity index (χ1v) is 5.48. The average molecular weight is 234 g/mol. The largest absolute Gasteiger partial charge is 0.443 e. The molecule has 0 saturated carbocycles. The normalized spacial score (nSPS) is 11.5. The van der Waals surface area contributed by atoms with Crippen LogP contribution in [0, 0.1) is 5.41 Å². The van der Waals surface area contributed by atoms with Gasteiger partial charge in [-0.25, -0.2) is 10.2 Å². The maximum atomic E-state index is 11.3. The van der Waals surface area contributed by atoms with Gasteiger partial charge in [-0.15, -0.1) is 0 Å². The monoisotopic (exact) mass is 234 g/mol. The molecule has 4 nitrogen and oxygen atoms in total. The van der Waals surface area contributed by atoms with E-state index in [1.165, 1.54) is 0 Å². The van der Waals surface area contributed by atoms with Crippen molar-refractivity contribution in [3.05, 3.63) is 35.9 Å². The van der Waals surface area contributed by atoms with Crippen molar-refractivity contribution in [2.75, 3.05) is 0 Å². The molecule has 0 aliphatic rings. The van der Waals surface area contributed by atoms with E-state index in [0.717, 1.165) is 5.56 Å². The molecule has 1 N–H and O–H groups in total. The number of nitrogens with zero attached hydrogens (tertiary/aromatic N) is 1. The average Bonchev–Trinajstić information content (AvgIpc) is 2.26. The molecule has 1 aromatic rings. The molecule has 0 aliphatic heterocycles. The molecule has 0 saturated heterocycles. The van der Waals surface area contributed by atoms with Gasteiger partial charge in [0.1, 0.15) is 6.61 Å². The Labute approximate surface area is 102 Å². The van der Waals surface area contributed by atoms with Crippen LogP contribution in [0.1, 0.15) is 26.3 Å². The van der Waals surface area contributed by atoms with Gasteiger partial charge in [-0.05, 0) is 11.0 Å². The number of carbonyl (C=O) groups excluding carboxylic acids is 1. The molecular weight excluding hydrogens is 216 g/mol. The minimum atomic E-state index is -0.547. The van der Waals surface area contributed by atoms with Gasteiger partial charge >= 0.3 is 6.09 Å². The molecule has 0 atom stereocenters. The second-order valence-corrected chi connectivity index (χ2v) is 4.80. The summed E-state index contributed by atoms with van der Waals surface area (Å²) in [7, 11) is 0. The van der Waals surface area contributed by atoms with Crippen molar-refractivity contribution in [1.29, 1.82) is 0 Å². The zero-order chi connectivity index (χ0) is 12.7. The van der Waals surface area contributed by atoms with E-state index in [4.69, 9.17) is 4.74 Å². The highest BCUT2D eigenvalue weighted by molar-refractivity contribution is 5.70. The van der Waals surface area contributed by atoms with Crippen LogP contribution in [0.5, 0.6) is 0 Å². The second kappa shape index (κ2) is 6.03. The molecule has 0 bridgehead atoms. The van der Waals surface area contributed by atoms with Crippen LogP contribution in [0.4, 0.5) is 4.79 Å². The summed E-state index contributed by atoms with van der Waals surface area (Å²) in [6.07, 6.45) is 1.12. The van der Waals surface area contributed by atoms with Crippen molar-refractivity contribution in [3.63, 3.8) is 0 Å². The molecule has 17 heavy (non-hydrogen) atoms. The number of nitrogens with one attached hydrogen (secondary N) is 1. The van der Waals surface area contributed by atoms with Crippen molar-refractivity contribution in [1.82, 2.24) is 5.43 Å². The smallest absolute Gasteiger partial charge is 0.428 e. The number of ether oxygens (including phenoxy) is 1. The third-order valence-corrected chi connectivity index (χ3v) is 1.82. The zero-order valence-corrected chi connectivity index (χ0v) is 10.4. The SMILES string of the molecule is CC(C)(C)C=NNC(=O)OCc1ccccc1. The van der Waals surface area contributed by atoms with Gasteiger partial charge in [0.15, 0.2) is 0 Å². The van der Waals surface area contributed by atoms with E-state index in [1.807, 2.05) is 51.1 Å². The molecule has 4 heteroatoms. The van der Waals surface area contributed by atoms with Crippen molar-refractivity contribution in [3.8, 4) is 0 Å². The van der Waals surface area contributed by atoms with E-state index >= 15 is 0 Å². The lowest BCUT2D eigenvalue weighted by atomic mass is 9.99. The molecule has 0 spiro atoms. The molecule has 92 valence electrons. The third-order valence-electron chi connectivity index (χ3n) is 1.82. The molecule has 0 heterocycles. The van der Waals surface area contributed by atoms with Gasteiger partial charge in [-0.1, -0.05) is 51.1 Å². The van der Waals surface area contributed by atoms with Crippen LogP contribution in [0.25, 0.3) is 0 Å². The van der Waals surface area contributed by atoms with Gasteiger partial charge in [0.2, 0.25) is 0 Å². The van der Waals surface area contributed by atoms with Crippen molar-refractivity contribution >= 4 is 12.3 Å². The van der Waals surface area contributed by atoms with Crippen molar-refractivity contribution in [2.24, 2.45) is 10.5 Å². The topological polar surface area (TPSA) is 50.7 Å². The molecule has 0 aliphatic carbocycles. The minimum absolute atomic E-state index is 0.0628. The summed E-state index contributed by atoms with van der Waals surface area (Å²) in [6.45, 7) is 6.23. The van der Waals surface area contributed by atoms with Crippen LogP contribution in [0.3, 0.4) is 0 Å². The minimum Gasteiger partial charge on any atom is -0.443 e. The van der Waals surface area contributed by atoms with Crippen LogP contribution in [-0.4, -0.2) is 12.3 Å². The van der Waals surface area contributed by atoms with Gasteiger partial charge in [-0.3, -0.25) is 0 Å². The number of benzene rings is 1. The summed E-state index contributed by atoms with van der Waals surface area (Å²) in [4.78, 5) is 11.3. The fourth-order valence-electron chi connectivity index (χ4n) is 1.03. The van der Waals surface area contributed by atoms with E-state index in [0.29, 0.717) is 0 Å². The molecule has 1 rings (SSSR count). The number of hydrazone groups is 1. The number of amides is 1. The maximum absolute atomic E-state index is 11.3. The summed E-state index contributed by atoms with van der Waals surface area (Å²) in [5.74, 6) is 0. The zero-order valence-electron chi connectivity index (χ0n) is 10.4. The molecular formula is C13H18N2O2. The Hall–Kier alpha value is -1.84. The van der Waals surface area contributed by atoms with E-state index in [9.17, 15) is 4.79 Å². The van der Waals surface area contributed by atoms with E-state index < -0.39 is 6.09 Å². The first-order chi connectivity index (χ1) is 7.97. The summed E-state index contributed by atoms with van der Waals surface area (Å²) in [5.41, 5.74) is 3.20. The molecule has 0 fully saturated rings. The highest BCUT2D eigenvalue weighted by Gasteiger charge is 2.06. The van der Waals surface area contributed by atoms with Gasteiger partial charge in [0, 0.05) is 6.21 Å². The predicted octanol–water partition coefficient (Wildman–Crippen LogP) is 2.94. The number of hydrogen-bond donors (Lipinski definition) is 1. The number of rotatable bonds is 3. The highest BCUT2D eigenvalue weighted by atomic mass is 16.5. The van der Waals surface area contributed by atoms with Crippen LogP contribution < -0.4 is 5.43 Å². The molecule has 0 unspecified atom stereocenters. The van der Waals surface area contributed by atoms with Gasteiger partial charge in [0.25, 0.3) is 0 Å². The summed E-state index contributed by atoms with van der Waals surface area (Å²) in [5, 5.41) is 3.81. The predicted molar refractivity (Wildman–Crippen MR) is 67.7 cm³/mol. The molecule has 1 aromatic carbocycles. The quantitative estimate of drug-likeness (QED) is 0.645. The Kier molecular flexibility index (Phi) is 4.69. The van der Waals surface area contributed by atoms with Crippen LogP contribution in [-0.2, 0) is 11.3 Å². The Morgan fingerprint density at radius 2 is 2.00 bits per heavy atom. The Morgan fingerprint density at radius 1 is 1.35 bits per heavy atom. The van der Waals surface area contributed by atoms with E-state index in [1.54, 1.807) is 6.21 Å². The van der Waals surface area contributed by atoms with Crippen LogP contribution >= 0.6 is 0 Å². The van der Waals surface area contributed by atoms with Crippen LogP contribution in [0.15, 0.2) is 35.4 Å². The Balaban J connectivity index is 2.29. The summed E-state index contributed by atoms with van der Waals surface area (Å²) < 4.78 is 4.98. The van der Waals surface area contributed by atoms with E-state index in [2.05, 4.69) is 10.5 Å².